The molecule has 0 saturated heterocycles. The van der Waals surface area contributed by atoms with Crippen LogP contribution in [-0.2, 0) is 0 Å². The Bertz CT molecular complexity index is 497. The average molecular weight is 289 g/mol. The summed E-state index contributed by atoms with van der Waals surface area (Å²) < 4.78 is 0. The largest absolute Gasteiger partial charge is 0.506 e. The highest BCUT2D eigenvalue weighted by atomic mass is 35.5. The predicted octanol–water partition coefficient (Wildman–Crippen LogP) is 4.13. The number of carbonyl (C=O) groups excluding carboxylic acids is 1. The van der Waals surface area contributed by atoms with Gasteiger partial charge in [-0.1, -0.05) is 23.2 Å². The molecule has 1 N–H and O–H groups in total. The Morgan fingerprint density at radius 1 is 1.33 bits per heavy atom. The lowest BCUT2D eigenvalue weighted by Crippen LogP contribution is -2.28. The second-order valence-electron chi connectivity index (χ2n) is 3.84. The fourth-order valence-corrected chi connectivity index (χ4v) is 1.88. The van der Waals surface area contributed by atoms with Crippen molar-refractivity contribution in [3.63, 3.8) is 0 Å². The third-order valence-electron chi connectivity index (χ3n) is 2.17. The zero-order valence-electron chi connectivity index (χ0n) is 10.4. The van der Waals surface area contributed by atoms with Gasteiger partial charge in [-0.2, -0.15) is 0 Å². The third kappa shape index (κ3) is 3.37. The minimum atomic E-state index is -0.430. The molecule has 0 fully saturated rings. The number of hydrogen-bond acceptors (Lipinski definition) is 2. The Morgan fingerprint density at radius 3 is 2.44 bits per heavy atom. The monoisotopic (exact) mass is 288 g/mol. The van der Waals surface area contributed by atoms with Gasteiger partial charge in [0.1, 0.15) is 5.75 Å². The van der Waals surface area contributed by atoms with Crippen molar-refractivity contribution >= 4 is 40.6 Å². The number of aromatic hydroxyl groups is 1. The van der Waals surface area contributed by atoms with E-state index in [1.807, 2.05) is 0 Å². The number of aliphatic imine (C=N–C) groups is 1. The molecule has 0 aliphatic rings. The molecule has 0 spiro atoms. The topological polar surface area (TPSA) is 52.9 Å². The molecule has 1 rings (SSSR count). The van der Waals surface area contributed by atoms with Crippen LogP contribution in [-0.4, -0.2) is 23.4 Å². The number of anilines is 1. The quantitative estimate of drug-likeness (QED) is 0.832. The zero-order chi connectivity index (χ0) is 13.9. The van der Waals surface area contributed by atoms with Gasteiger partial charge in [0.05, 0.1) is 15.7 Å². The van der Waals surface area contributed by atoms with Crippen LogP contribution >= 0.6 is 23.2 Å². The van der Waals surface area contributed by atoms with Crippen LogP contribution in [0.5, 0.6) is 5.75 Å². The minimum Gasteiger partial charge on any atom is -0.506 e. The maximum absolute atomic E-state index is 11.9. The normalized spacial score (nSPS) is 10.1. The summed E-state index contributed by atoms with van der Waals surface area (Å²) in [5.41, 5.74) is 1.03. The first kappa shape index (κ1) is 14.8. The van der Waals surface area contributed by atoms with E-state index in [4.69, 9.17) is 23.2 Å². The van der Waals surface area contributed by atoms with Crippen LogP contribution in [0.3, 0.4) is 0 Å². The van der Waals surface area contributed by atoms with Crippen LogP contribution in [0.25, 0.3) is 0 Å². The minimum absolute atomic E-state index is 0.125. The number of amides is 2. The Hall–Kier alpha value is -1.26. The van der Waals surface area contributed by atoms with Crippen molar-refractivity contribution in [3.05, 3.63) is 22.2 Å². The number of carbonyl (C=O) groups is 1. The SMILES string of the molecule is CCN(C(=O)N=C(C)C)c1cc(O)c(Cl)cc1Cl. The molecule has 98 valence electrons. The third-order valence-corrected chi connectivity index (χ3v) is 2.78. The Morgan fingerprint density at radius 2 is 1.94 bits per heavy atom. The molecule has 0 aromatic heterocycles. The van der Waals surface area contributed by atoms with Crippen LogP contribution in [0.2, 0.25) is 10.0 Å². The second kappa shape index (κ2) is 6.07. The predicted molar refractivity (Wildman–Crippen MR) is 75.3 cm³/mol. The molecule has 1 aromatic rings. The van der Waals surface area contributed by atoms with Crippen LogP contribution in [0.4, 0.5) is 10.5 Å². The number of urea groups is 1. The molecule has 0 aliphatic heterocycles. The van der Waals surface area contributed by atoms with Crippen molar-refractivity contribution in [2.45, 2.75) is 20.8 Å². The van der Waals surface area contributed by atoms with E-state index >= 15 is 0 Å². The van der Waals surface area contributed by atoms with Crippen molar-refractivity contribution in [2.75, 3.05) is 11.4 Å². The number of halogens is 2. The first-order valence-corrected chi connectivity index (χ1v) is 6.13. The molecule has 0 heterocycles. The number of phenolic OH excluding ortho intramolecular Hbond substituents is 1. The van der Waals surface area contributed by atoms with Crippen LogP contribution < -0.4 is 4.90 Å². The summed E-state index contributed by atoms with van der Waals surface area (Å²) in [5.74, 6) is -0.125. The zero-order valence-corrected chi connectivity index (χ0v) is 11.9. The van der Waals surface area contributed by atoms with E-state index in [0.29, 0.717) is 17.9 Å². The standard InChI is InChI=1S/C12H14Cl2N2O2/c1-4-16(12(18)15-7(2)3)10-6-11(17)9(14)5-8(10)13/h5-6,17H,4H2,1-3H3. The summed E-state index contributed by atoms with van der Waals surface area (Å²) in [7, 11) is 0. The maximum Gasteiger partial charge on any atom is 0.347 e. The summed E-state index contributed by atoms with van der Waals surface area (Å²) in [6, 6.07) is 2.32. The molecule has 0 saturated carbocycles. The van der Waals surface area contributed by atoms with Gasteiger partial charge in [-0.3, -0.25) is 4.90 Å². The van der Waals surface area contributed by atoms with Crippen molar-refractivity contribution in [1.82, 2.24) is 0 Å². The summed E-state index contributed by atoms with van der Waals surface area (Å²) >= 11 is 11.7. The Kier molecular flexibility index (Phi) is 4.99. The molecule has 6 heteroatoms. The highest BCUT2D eigenvalue weighted by molar-refractivity contribution is 6.37. The van der Waals surface area contributed by atoms with Crippen LogP contribution in [0.1, 0.15) is 20.8 Å². The first-order chi connectivity index (χ1) is 8.36. The van der Waals surface area contributed by atoms with Gasteiger partial charge in [0.2, 0.25) is 0 Å². The van der Waals surface area contributed by atoms with E-state index in [9.17, 15) is 9.90 Å². The molecular formula is C12H14Cl2N2O2. The Labute approximate surface area is 116 Å². The smallest absolute Gasteiger partial charge is 0.347 e. The summed E-state index contributed by atoms with van der Waals surface area (Å²) in [4.78, 5) is 17.1. The molecule has 0 unspecified atom stereocenters. The number of benzene rings is 1. The lowest BCUT2D eigenvalue weighted by atomic mass is 10.2. The van der Waals surface area contributed by atoms with Crippen molar-refractivity contribution in [3.8, 4) is 5.75 Å². The van der Waals surface area contributed by atoms with Crippen LogP contribution in [0.15, 0.2) is 17.1 Å². The maximum atomic E-state index is 11.9. The van der Waals surface area contributed by atoms with E-state index < -0.39 is 6.03 Å². The van der Waals surface area contributed by atoms with Gasteiger partial charge < -0.3 is 5.11 Å². The van der Waals surface area contributed by atoms with Crippen LogP contribution in [0, 0.1) is 0 Å². The molecule has 0 atom stereocenters. The number of rotatable bonds is 2. The van der Waals surface area contributed by atoms with Crippen molar-refractivity contribution in [2.24, 2.45) is 4.99 Å². The fourth-order valence-electron chi connectivity index (χ4n) is 1.39. The Balaban J connectivity index is 3.21. The number of hydrogen-bond donors (Lipinski definition) is 1. The van der Waals surface area contributed by atoms with E-state index in [-0.39, 0.29) is 15.8 Å². The molecule has 1 aromatic carbocycles. The first-order valence-electron chi connectivity index (χ1n) is 5.38. The van der Waals surface area contributed by atoms with Gasteiger partial charge in [-0.25, -0.2) is 9.79 Å². The number of phenols is 1. The summed E-state index contributed by atoms with van der Waals surface area (Å²) in [5, 5.41) is 10.00. The fraction of sp³-hybridized carbons (Fsp3) is 0.333. The van der Waals surface area contributed by atoms with E-state index in [1.165, 1.54) is 17.0 Å². The molecular weight excluding hydrogens is 275 g/mol. The molecule has 0 radical (unpaired) electrons. The average Bonchev–Trinajstić information content (AvgIpc) is 2.25. The van der Waals surface area contributed by atoms with Crippen molar-refractivity contribution < 1.29 is 9.90 Å². The van der Waals surface area contributed by atoms with Gasteiger partial charge in [0, 0.05) is 18.3 Å². The highest BCUT2D eigenvalue weighted by Crippen LogP contribution is 2.35. The molecule has 18 heavy (non-hydrogen) atoms. The summed E-state index contributed by atoms with van der Waals surface area (Å²) in [6.07, 6.45) is 0. The van der Waals surface area contributed by atoms with Gasteiger partial charge in [0.25, 0.3) is 0 Å². The molecule has 2 amide bonds. The molecule has 0 bridgehead atoms. The van der Waals surface area contributed by atoms with Gasteiger partial charge in [-0.05, 0) is 26.8 Å². The number of nitrogens with zero attached hydrogens (tertiary/aromatic N) is 2. The van der Waals surface area contributed by atoms with E-state index in [0.717, 1.165) is 0 Å². The van der Waals surface area contributed by atoms with Gasteiger partial charge in [0.15, 0.2) is 0 Å². The lowest BCUT2D eigenvalue weighted by Gasteiger charge is -2.20. The molecule has 4 nitrogen and oxygen atoms in total. The van der Waals surface area contributed by atoms with Crippen molar-refractivity contribution in [1.29, 1.82) is 0 Å². The lowest BCUT2D eigenvalue weighted by molar-refractivity contribution is 0.254. The van der Waals surface area contributed by atoms with E-state index in [2.05, 4.69) is 4.99 Å². The van der Waals surface area contributed by atoms with E-state index in [1.54, 1.807) is 20.8 Å². The van der Waals surface area contributed by atoms with Gasteiger partial charge in [-0.15, -0.1) is 0 Å². The molecule has 0 aliphatic carbocycles. The summed E-state index contributed by atoms with van der Waals surface area (Å²) in [6.45, 7) is 5.64. The second-order valence-corrected chi connectivity index (χ2v) is 4.66. The highest BCUT2D eigenvalue weighted by Gasteiger charge is 2.18. The van der Waals surface area contributed by atoms with Gasteiger partial charge >= 0.3 is 6.03 Å².